The van der Waals surface area contributed by atoms with E-state index in [0.717, 1.165) is 11.6 Å². The summed E-state index contributed by atoms with van der Waals surface area (Å²) < 4.78 is 36.9. The first-order valence-corrected chi connectivity index (χ1v) is 4.50. The van der Waals surface area contributed by atoms with Crippen molar-refractivity contribution in [2.75, 3.05) is 0 Å². The summed E-state index contributed by atoms with van der Waals surface area (Å²) in [5.41, 5.74) is 1.10. The summed E-state index contributed by atoms with van der Waals surface area (Å²) in [4.78, 5) is 0. The quantitative estimate of drug-likeness (QED) is 0.642. The number of halogens is 3. The van der Waals surface area contributed by atoms with Gasteiger partial charge in [0.15, 0.2) is 0 Å². The van der Waals surface area contributed by atoms with Gasteiger partial charge >= 0.3 is 6.18 Å². The molecule has 0 aromatic heterocycles. The summed E-state index contributed by atoms with van der Waals surface area (Å²) in [6.07, 6.45) is -4.24. The lowest BCUT2D eigenvalue weighted by Crippen LogP contribution is -2.06. The lowest BCUT2D eigenvalue weighted by atomic mass is 9.96. The molecule has 0 spiro atoms. The van der Waals surface area contributed by atoms with E-state index < -0.39 is 11.7 Å². The highest BCUT2D eigenvalue weighted by Crippen LogP contribution is 2.31. The van der Waals surface area contributed by atoms with Gasteiger partial charge in [-0.2, -0.15) is 13.2 Å². The molecule has 0 saturated heterocycles. The zero-order valence-electron chi connectivity index (χ0n) is 8.44. The molecule has 0 unspecified atom stereocenters. The molecule has 0 heterocycles. The van der Waals surface area contributed by atoms with Crippen LogP contribution in [0.1, 0.15) is 36.5 Å². The Balaban J connectivity index is 3.13. The Bertz CT molecular complexity index is 324. The fraction of sp³-hybridized carbons (Fsp3) is 0.455. The highest BCUT2D eigenvalue weighted by atomic mass is 19.4. The van der Waals surface area contributed by atoms with Crippen molar-refractivity contribution in [3.8, 4) is 0 Å². The second-order valence-corrected chi connectivity index (χ2v) is 3.72. The molecule has 0 bridgehead atoms. The summed E-state index contributed by atoms with van der Waals surface area (Å²) >= 11 is 0. The molecule has 1 aromatic rings. The first kappa shape index (κ1) is 11.1. The molecule has 0 fully saturated rings. The maximum atomic E-state index is 12.3. The predicted octanol–water partition coefficient (Wildman–Crippen LogP) is 4.14. The highest BCUT2D eigenvalue weighted by molar-refractivity contribution is 5.34. The average molecular weight is 202 g/mol. The van der Waals surface area contributed by atoms with Crippen molar-refractivity contribution < 1.29 is 13.2 Å². The monoisotopic (exact) mass is 202 g/mol. The number of rotatable bonds is 1. The van der Waals surface area contributed by atoms with Gasteiger partial charge in [0.05, 0.1) is 5.56 Å². The lowest BCUT2D eigenvalue weighted by molar-refractivity contribution is -0.137. The van der Waals surface area contributed by atoms with Crippen LogP contribution in [0.4, 0.5) is 13.2 Å². The van der Waals surface area contributed by atoms with E-state index in [0.29, 0.717) is 5.56 Å². The van der Waals surface area contributed by atoms with Crippen molar-refractivity contribution in [3.63, 3.8) is 0 Å². The minimum Gasteiger partial charge on any atom is -0.166 e. The molecule has 78 valence electrons. The average Bonchev–Trinajstić information content (AvgIpc) is 2.01. The van der Waals surface area contributed by atoms with Crippen molar-refractivity contribution in [1.29, 1.82) is 0 Å². The van der Waals surface area contributed by atoms with E-state index in [4.69, 9.17) is 0 Å². The predicted molar refractivity (Wildman–Crippen MR) is 50.3 cm³/mol. The van der Waals surface area contributed by atoms with Gasteiger partial charge in [-0.3, -0.25) is 0 Å². The van der Waals surface area contributed by atoms with Crippen molar-refractivity contribution >= 4 is 0 Å². The van der Waals surface area contributed by atoms with Crippen LogP contribution in [0.5, 0.6) is 0 Å². The van der Waals surface area contributed by atoms with E-state index >= 15 is 0 Å². The van der Waals surface area contributed by atoms with E-state index in [1.807, 2.05) is 13.8 Å². The van der Waals surface area contributed by atoms with E-state index in [2.05, 4.69) is 0 Å². The van der Waals surface area contributed by atoms with Gasteiger partial charge in [0.25, 0.3) is 0 Å². The van der Waals surface area contributed by atoms with Crippen molar-refractivity contribution in [3.05, 3.63) is 34.9 Å². The second-order valence-electron chi connectivity index (χ2n) is 3.72. The van der Waals surface area contributed by atoms with Crippen molar-refractivity contribution in [2.24, 2.45) is 0 Å². The van der Waals surface area contributed by atoms with Crippen LogP contribution in [-0.4, -0.2) is 0 Å². The van der Waals surface area contributed by atoms with E-state index in [-0.39, 0.29) is 5.92 Å². The van der Waals surface area contributed by atoms with Gasteiger partial charge in [-0.05, 0) is 36.1 Å². The topological polar surface area (TPSA) is 0 Å². The molecule has 0 N–H and O–H groups in total. The Morgan fingerprint density at radius 1 is 1.14 bits per heavy atom. The summed E-state index contributed by atoms with van der Waals surface area (Å²) in [6.45, 7) is 5.65. The second kappa shape index (κ2) is 3.64. The molecule has 0 aliphatic carbocycles. The van der Waals surface area contributed by atoms with Gasteiger partial charge < -0.3 is 0 Å². The molecule has 0 amide bonds. The molecule has 1 rings (SSSR count). The van der Waals surface area contributed by atoms with Gasteiger partial charge in [-0.15, -0.1) is 0 Å². The van der Waals surface area contributed by atoms with Crippen LogP contribution in [0.25, 0.3) is 0 Å². The first-order valence-electron chi connectivity index (χ1n) is 4.50. The number of alkyl halides is 3. The Kier molecular flexibility index (Phi) is 2.88. The first-order chi connectivity index (χ1) is 6.32. The van der Waals surface area contributed by atoms with Crippen LogP contribution in [0, 0.1) is 6.92 Å². The van der Waals surface area contributed by atoms with Crippen molar-refractivity contribution in [2.45, 2.75) is 32.9 Å². The number of aryl methyl sites for hydroxylation is 1. The van der Waals surface area contributed by atoms with Gasteiger partial charge in [-0.1, -0.05) is 19.9 Å². The Hall–Kier alpha value is -0.990. The van der Waals surface area contributed by atoms with E-state index in [1.165, 1.54) is 6.07 Å². The lowest BCUT2D eigenvalue weighted by Gasteiger charge is -2.13. The van der Waals surface area contributed by atoms with Gasteiger partial charge in [-0.25, -0.2) is 0 Å². The zero-order valence-corrected chi connectivity index (χ0v) is 8.44. The molecule has 0 aliphatic heterocycles. The van der Waals surface area contributed by atoms with Gasteiger partial charge in [0.1, 0.15) is 0 Å². The standard InChI is InChI=1S/C11H13F3/c1-7(2)10-5-4-9(6-8(10)3)11(12,13)14/h4-7H,1-3H3. The van der Waals surface area contributed by atoms with Crippen LogP contribution in [0.2, 0.25) is 0 Å². The fourth-order valence-corrected chi connectivity index (χ4v) is 1.50. The largest absolute Gasteiger partial charge is 0.416 e. The van der Waals surface area contributed by atoms with Gasteiger partial charge in [0.2, 0.25) is 0 Å². The fourth-order valence-electron chi connectivity index (χ4n) is 1.50. The smallest absolute Gasteiger partial charge is 0.166 e. The summed E-state index contributed by atoms with van der Waals surface area (Å²) in [5, 5.41) is 0. The maximum absolute atomic E-state index is 12.3. The van der Waals surface area contributed by atoms with Crippen LogP contribution < -0.4 is 0 Å². The highest BCUT2D eigenvalue weighted by Gasteiger charge is 2.30. The molecule has 0 atom stereocenters. The molecular formula is C11H13F3. The maximum Gasteiger partial charge on any atom is 0.416 e. The third-order valence-corrected chi connectivity index (χ3v) is 2.22. The number of hydrogen-bond donors (Lipinski definition) is 0. The van der Waals surface area contributed by atoms with Gasteiger partial charge in [0, 0.05) is 0 Å². The molecule has 1 aromatic carbocycles. The summed E-state index contributed by atoms with van der Waals surface area (Å²) in [6, 6.07) is 3.90. The van der Waals surface area contributed by atoms with Crippen LogP contribution >= 0.6 is 0 Å². The summed E-state index contributed by atoms with van der Waals surface area (Å²) in [5.74, 6) is 0.261. The number of hydrogen-bond acceptors (Lipinski definition) is 0. The Morgan fingerprint density at radius 3 is 2.07 bits per heavy atom. The minimum absolute atomic E-state index is 0.261. The normalized spacial score (nSPS) is 12.2. The van der Waals surface area contributed by atoms with Crippen LogP contribution in [0.3, 0.4) is 0 Å². The molecule has 0 nitrogen and oxygen atoms in total. The molecule has 0 aliphatic rings. The Labute approximate surface area is 81.8 Å². The molecular weight excluding hydrogens is 189 g/mol. The van der Waals surface area contributed by atoms with E-state index in [1.54, 1.807) is 13.0 Å². The number of benzene rings is 1. The molecule has 3 heteroatoms. The minimum atomic E-state index is -4.24. The van der Waals surface area contributed by atoms with E-state index in [9.17, 15) is 13.2 Å². The van der Waals surface area contributed by atoms with Crippen molar-refractivity contribution in [1.82, 2.24) is 0 Å². The Morgan fingerprint density at radius 2 is 1.71 bits per heavy atom. The molecule has 0 radical (unpaired) electrons. The third-order valence-electron chi connectivity index (χ3n) is 2.22. The molecule has 14 heavy (non-hydrogen) atoms. The summed E-state index contributed by atoms with van der Waals surface area (Å²) in [7, 11) is 0. The van der Waals surface area contributed by atoms with Crippen LogP contribution in [-0.2, 0) is 6.18 Å². The van der Waals surface area contributed by atoms with Crippen LogP contribution in [0.15, 0.2) is 18.2 Å². The SMILES string of the molecule is Cc1cc(C(F)(F)F)ccc1C(C)C. The molecule has 0 saturated carbocycles. The zero-order chi connectivity index (χ0) is 10.9. The third kappa shape index (κ3) is 2.28.